The minimum absolute atomic E-state index is 0.113. The molecule has 0 saturated carbocycles. The third-order valence-corrected chi connectivity index (χ3v) is 2.83. The molecular formula is C14H12N2O3. The summed E-state index contributed by atoms with van der Waals surface area (Å²) in [6.07, 6.45) is 1.70. The molecule has 0 fully saturated rings. The van der Waals surface area contributed by atoms with Crippen LogP contribution in [0.5, 0.6) is 5.75 Å². The second-order valence-electron chi connectivity index (χ2n) is 4.06. The van der Waals surface area contributed by atoms with Crippen LogP contribution in [0.15, 0.2) is 35.5 Å². The summed E-state index contributed by atoms with van der Waals surface area (Å²) < 4.78 is 10.5. The van der Waals surface area contributed by atoms with Gasteiger partial charge in [0.1, 0.15) is 17.8 Å². The average Bonchev–Trinajstić information content (AvgIpc) is 2.46. The molecule has 3 rings (SSSR count). The number of benzene rings is 1. The van der Waals surface area contributed by atoms with Crippen molar-refractivity contribution in [3.8, 4) is 5.75 Å². The number of pyridine rings is 1. The lowest BCUT2D eigenvalue weighted by Crippen LogP contribution is -2.26. The predicted octanol–water partition coefficient (Wildman–Crippen LogP) is 2.26. The van der Waals surface area contributed by atoms with Gasteiger partial charge in [-0.05, 0) is 19.1 Å². The number of rotatable bonds is 2. The number of hydrogen-bond acceptors (Lipinski definition) is 5. The molecule has 0 saturated heterocycles. The molecule has 0 bridgehead atoms. The molecule has 0 spiro atoms. The fraction of sp³-hybridized carbons (Fsp3) is 0.214. The molecule has 5 nitrogen and oxygen atoms in total. The summed E-state index contributed by atoms with van der Waals surface area (Å²) in [5.74, 6) is 0.181. The van der Waals surface area contributed by atoms with E-state index in [-0.39, 0.29) is 12.3 Å². The van der Waals surface area contributed by atoms with Crippen molar-refractivity contribution in [1.29, 1.82) is 0 Å². The number of carbonyl (C=O) groups excluding carboxylic acids is 1. The molecule has 0 N–H and O–H groups in total. The topological polar surface area (TPSA) is 60.8 Å². The molecule has 2 heterocycles. The Morgan fingerprint density at radius 3 is 3.16 bits per heavy atom. The third-order valence-electron chi connectivity index (χ3n) is 2.83. The fourth-order valence-corrected chi connectivity index (χ4v) is 1.98. The van der Waals surface area contributed by atoms with Gasteiger partial charge in [-0.1, -0.05) is 12.1 Å². The molecule has 1 aliphatic rings. The smallest absolute Gasteiger partial charge is 0.356 e. The lowest BCUT2D eigenvalue weighted by Gasteiger charge is -2.17. The lowest BCUT2D eigenvalue weighted by molar-refractivity contribution is -0.135. The van der Waals surface area contributed by atoms with Gasteiger partial charge in [-0.25, -0.2) is 9.79 Å². The van der Waals surface area contributed by atoms with Gasteiger partial charge < -0.3 is 9.47 Å². The lowest BCUT2D eigenvalue weighted by atomic mass is 10.1. The first-order chi connectivity index (χ1) is 9.29. The first-order valence-electron chi connectivity index (χ1n) is 6.05. The number of carbonyl (C=O) groups is 1. The van der Waals surface area contributed by atoms with Crippen LogP contribution in [0.2, 0.25) is 0 Å². The van der Waals surface area contributed by atoms with Crippen molar-refractivity contribution in [3.63, 3.8) is 0 Å². The van der Waals surface area contributed by atoms with Crippen LogP contribution in [-0.2, 0) is 9.53 Å². The van der Waals surface area contributed by atoms with Crippen molar-refractivity contribution in [2.75, 3.05) is 13.2 Å². The molecule has 1 aromatic heterocycles. The second kappa shape index (κ2) is 4.68. The molecule has 0 amide bonds. The highest BCUT2D eigenvalue weighted by atomic mass is 16.5. The Labute approximate surface area is 109 Å². The first kappa shape index (κ1) is 11.6. The number of ether oxygens (including phenoxy) is 2. The van der Waals surface area contributed by atoms with Gasteiger partial charge in [0, 0.05) is 11.6 Å². The summed E-state index contributed by atoms with van der Waals surface area (Å²) in [6.45, 7) is 2.19. The molecule has 0 radical (unpaired) electrons. The van der Waals surface area contributed by atoms with Crippen LogP contribution in [0.4, 0.5) is 5.69 Å². The molecule has 96 valence electrons. The van der Waals surface area contributed by atoms with E-state index < -0.39 is 5.97 Å². The summed E-state index contributed by atoms with van der Waals surface area (Å²) in [4.78, 5) is 20.2. The van der Waals surface area contributed by atoms with Crippen molar-refractivity contribution in [3.05, 3.63) is 30.5 Å². The Bertz CT molecular complexity index is 679. The average molecular weight is 256 g/mol. The van der Waals surface area contributed by atoms with Crippen LogP contribution >= 0.6 is 0 Å². The second-order valence-corrected chi connectivity index (χ2v) is 4.06. The van der Waals surface area contributed by atoms with Gasteiger partial charge in [0.25, 0.3) is 0 Å². The number of aromatic nitrogens is 1. The van der Waals surface area contributed by atoms with Crippen LogP contribution in [0, 0.1) is 0 Å². The van der Waals surface area contributed by atoms with Crippen molar-refractivity contribution in [2.45, 2.75) is 6.92 Å². The summed E-state index contributed by atoms with van der Waals surface area (Å²) in [5, 5.41) is 0.982. The normalized spacial score (nSPS) is 13.4. The number of esters is 1. The fourth-order valence-electron chi connectivity index (χ4n) is 1.98. The molecule has 2 aromatic rings. The van der Waals surface area contributed by atoms with Crippen molar-refractivity contribution < 1.29 is 14.3 Å². The minimum Gasteiger partial charge on any atom is -0.482 e. The molecule has 5 heteroatoms. The third kappa shape index (κ3) is 2.03. The van der Waals surface area contributed by atoms with Gasteiger partial charge in [-0.15, -0.1) is 0 Å². The molecule has 19 heavy (non-hydrogen) atoms. The Morgan fingerprint density at radius 1 is 1.42 bits per heavy atom. The van der Waals surface area contributed by atoms with Crippen LogP contribution in [-0.4, -0.2) is 29.9 Å². The standard InChI is InChI=1S/C14H12N2O3/c1-2-18-14(17)11-8-19-13-10(16-11)6-5-9-4-3-7-15-12(9)13/h3-7H,2,8H2,1H3. The molecular weight excluding hydrogens is 244 g/mol. The first-order valence-corrected chi connectivity index (χ1v) is 6.05. The van der Waals surface area contributed by atoms with E-state index in [1.54, 1.807) is 13.1 Å². The summed E-state index contributed by atoms with van der Waals surface area (Å²) in [6, 6.07) is 7.54. The van der Waals surface area contributed by atoms with Gasteiger partial charge >= 0.3 is 5.97 Å². The maximum absolute atomic E-state index is 11.6. The maximum Gasteiger partial charge on any atom is 0.356 e. The molecule has 0 unspecified atom stereocenters. The Kier molecular flexibility index (Phi) is 2.87. The van der Waals surface area contributed by atoms with E-state index in [4.69, 9.17) is 9.47 Å². The van der Waals surface area contributed by atoms with E-state index in [0.717, 1.165) is 10.9 Å². The van der Waals surface area contributed by atoms with Crippen molar-refractivity contribution in [1.82, 2.24) is 4.98 Å². The number of nitrogens with zero attached hydrogens (tertiary/aromatic N) is 2. The zero-order valence-corrected chi connectivity index (χ0v) is 10.4. The van der Waals surface area contributed by atoms with Crippen molar-refractivity contribution in [2.24, 2.45) is 4.99 Å². The zero-order valence-electron chi connectivity index (χ0n) is 10.4. The van der Waals surface area contributed by atoms with Crippen molar-refractivity contribution >= 4 is 28.3 Å². The van der Waals surface area contributed by atoms with Gasteiger partial charge in [0.2, 0.25) is 0 Å². The SMILES string of the molecule is CCOC(=O)C1=Nc2ccc3cccnc3c2OC1. The Hall–Kier alpha value is -2.43. The molecule has 0 atom stereocenters. The van der Waals surface area contributed by atoms with E-state index in [2.05, 4.69) is 9.98 Å². The summed E-state index contributed by atoms with van der Waals surface area (Å²) in [5.41, 5.74) is 1.65. The monoisotopic (exact) mass is 256 g/mol. The quantitative estimate of drug-likeness (QED) is 0.773. The highest BCUT2D eigenvalue weighted by Crippen LogP contribution is 2.36. The number of aliphatic imine (C=N–C) groups is 1. The van der Waals surface area contributed by atoms with E-state index in [0.29, 0.717) is 18.0 Å². The van der Waals surface area contributed by atoms with Gasteiger partial charge in [-0.2, -0.15) is 0 Å². The van der Waals surface area contributed by atoms with Crippen LogP contribution in [0.25, 0.3) is 10.9 Å². The van der Waals surface area contributed by atoms with Crippen LogP contribution in [0.3, 0.4) is 0 Å². The number of fused-ring (bicyclic) bond motifs is 3. The highest BCUT2D eigenvalue weighted by Gasteiger charge is 2.22. The van der Waals surface area contributed by atoms with Gasteiger partial charge in [0.05, 0.1) is 6.61 Å². The number of hydrogen-bond donors (Lipinski definition) is 0. The Morgan fingerprint density at radius 2 is 2.32 bits per heavy atom. The minimum atomic E-state index is -0.436. The summed E-state index contributed by atoms with van der Waals surface area (Å²) >= 11 is 0. The molecule has 1 aliphatic heterocycles. The Balaban J connectivity index is 2.07. The molecule has 1 aromatic carbocycles. The maximum atomic E-state index is 11.6. The van der Waals surface area contributed by atoms with E-state index in [9.17, 15) is 4.79 Å². The largest absolute Gasteiger partial charge is 0.482 e. The molecule has 0 aliphatic carbocycles. The predicted molar refractivity (Wildman–Crippen MR) is 71.0 cm³/mol. The van der Waals surface area contributed by atoms with E-state index >= 15 is 0 Å². The highest BCUT2D eigenvalue weighted by molar-refractivity contribution is 6.38. The van der Waals surface area contributed by atoms with Gasteiger partial charge in [-0.3, -0.25) is 4.98 Å². The zero-order chi connectivity index (χ0) is 13.2. The van der Waals surface area contributed by atoms with E-state index in [1.165, 1.54) is 0 Å². The summed E-state index contributed by atoms with van der Waals surface area (Å²) in [7, 11) is 0. The van der Waals surface area contributed by atoms with Crippen LogP contribution in [0.1, 0.15) is 6.92 Å². The van der Waals surface area contributed by atoms with Gasteiger partial charge in [0.15, 0.2) is 11.5 Å². The van der Waals surface area contributed by atoms with E-state index in [1.807, 2.05) is 24.3 Å². The van der Waals surface area contributed by atoms with Crippen LogP contribution < -0.4 is 4.74 Å².